The van der Waals surface area contributed by atoms with Gasteiger partial charge in [0.1, 0.15) is 5.60 Å². The van der Waals surface area contributed by atoms with Crippen molar-refractivity contribution in [1.29, 1.82) is 0 Å². The van der Waals surface area contributed by atoms with Crippen molar-refractivity contribution < 1.29 is 14.1 Å². The number of ether oxygens (including phenoxy) is 1. The SMILES string of the molecule is CC(NC(=O)OC(C)(C)C)c1noc(C2CCn3cncc3C2)n1. The molecule has 0 aromatic carbocycles. The second kappa shape index (κ2) is 6.26. The Kier molecular flexibility index (Phi) is 4.29. The fourth-order valence-corrected chi connectivity index (χ4v) is 2.72. The number of fused-ring (bicyclic) bond motifs is 1. The van der Waals surface area contributed by atoms with Crippen LogP contribution in [0.3, 0.4) is 0 Å². The Hall–Kier alpha value is -2.38. The maximum absolute atomic E-state index is 11.8. The highest BCUT2D eigenvalue weighted by atomic mass is 16.6. The quantitative estimate of drug-likeness (QED) is 0.927. The van der Waals surface area contributed by atoms with Gasteiger partial charge >= 0.3 is 6.09 Å². The van der Waals surface area contributed by atoms with E-state index in [0.717, 1.165) is 19.4 Å². The molecular weight excluding hydrogens is 310 g/mol. The average molecular weight is 333 g/mol. The summed E-state index contributed by atoms with van der Waals surface area (Å²) in [5, 5.41) is 6.73. The van der Waals surface area contributed by atoms with Gasteiger partial charge in [-0.05, 0) is 34.1 Å². The van der Waals surface area contributed by atoms with Crippen LogP contribution >= 0.6 is 0 Å². The molecular formula is C16H23N5O3. The summed E-state index contributed by atoms with van der Waals surface area (Å²) in [4.78, 5) is 20.5. The molecule has 0 saturated heterocycles. The van der Waals surface area contributed by atoms with Crippen molar-refractivity contribution in [2.24, 2.45) is 0 Å². The molecule has 0 radical (unpaired) electrons. The molecule has 2 aromatic heterocycles. The number of nitrogens with one attached hydrogen (secondary N) is 1. The first kappa shape index (κ1) is 16.5. The number of nitrogens with zero attached hydrogens (tertiary/aromatic N) is 4. The summed E-state index contributed by atoms with van der Waals surface area (Å²) in [7, 11) is 0. The summed E-state index contributed by atoms with van der Waals surface area (Å²) in [5.41, 5.74) is 0.628. The summed E-state index contributed by atoms with van der Waals surface area (Å²) in [6.07, 6.45) is 4.98. The summed E-state index contributed by atoms with van der Waals surface area (Å²) in [5.74, 6) is 1.24. The van der Waals surface area contributed by atoms with Crippen LogP contribution in [0.4, 0.5) is 4.79 Å². The van der Waals surface area contributed by atoms with Crippen LogP contribution in [0.15, 0.2) is 17.0 Å². The molecule has 0 saturated carbocycles. The fourth-order valence-electron chi connectivity index (χ4n) is 2.72. The average Bonchev–Trinajstić information content (AvgIpc) is 3.13. The number of carbonyl (C=O) groups excluding carboxylic acids is 1. The zero-order chi connectivity index (χ0) is 17.3. The molecule has 2 aromatic rings. The molecule has 1 amide bonds. The third-order valence-corrected chi connectivity index (χ3v) is 3.90. The Morgan fingerprint density at radius 1 is 1.50 bits per heavy atom. The van der Waals surface area contributed by atoms with Gasteiger partial charge in [0, 0.05) is 30.8 Å². The largest absolute Gasteiger partial charge is 0.444 e. The number of rotatable bonds is 3. The fraction of sp³-hybridized carbons (Fsp3) is 0.625. The number of amides is 1. The molecule has 0 bridgehead atoms. The topological polar surface area (TPSA) is 95.1 Å². The maximum atomic E-state index is 11.8. The van der Waals surface area contributed by atoms with Crippen LogP contribution in [0, 0.1) is 0 Å². The number of hydrogen-bond donors (Lipinski definition) is 1. The second-order valence-electron chi connectivity index (χ2n) is 7.13. The van der Waals surface area contributed by atoms with Gasteiger partial charge in [0.05, 0.1) is 12.4 Å². The summed E-state index contributed by atoms with van der Waals surface area (Å²) in [6, 6.07) is -0.383. The predicted molar refractivity (Wildman–Crippen MR) is 85.4 cm³/mol. The molecule has 8 heteroatoms. The second-order valence-corrected chi connectivity index (χ2v) is 7.13. The summed E-state index contributed by atoms with van der Waals surface area (Å²) < 4.78 is 12.8. The highest BCUT2D eigenvalue weighted by Gasteiger charge is 2.27. The van der Waals surface area contributed by atoms with Crippen LogP contribution < -0.4 is 5.32 Å². The van der Waals surface area contributed by atoms with Crippen molar-refractivity contribution in [1.82, 2.24) is 25.0 Å². The Labute approximate surface area is 140 Å². The van der Waals surface area contributed by atoms with Gasteiger partial charge < -0.3 is 19.1 Å². The molecule has 0 aliphatic carbocycles. The lowest BCUT2D eigenvalue weighted by molar-refractivity contribution is 0.0505. The van der Waals surface area contributed by atoms with Crippen LogP contribution in [0.2, 0.25) is 0 Å². The minimum atomic E-state index is -0.544. The molecule has 2 atom stereocenters. The van der Waals surface area contributed by atoms with E-state index in [1.54, 1.807) is 6.92 Å². The minimum absolute atomic E-state index is 0.184. The first-order valence-corrected chi connectivity index (χ1v) is 8.14. The standard InChI is InChI=1S/C16H23N5O3/c1-10(18-15(22)23-16(2,3)4)13-19-14(24-20-13)11-5-6-21-9-17-8-12(21)7-11/h8-11H,5-7H2,1-4H3,(H,18,22). The Morgan fingerprint density at radius 2 is 2.29 bits per heavy atom. The van der Waals surface area contributed by atoms with Crippen LogP contribution in [-0.2, 0) is 17.7 Å². The lowest BCUT2D eigenvalue weighted by Crippen LogP contribution is -2.34. The summed E-state index contributed by atoms with van der Waals surface area (Å²) in [6.45, 7) is 8.14. The van der Waals surface area contributed by atoms with Crippen molar-refractivity contribution in [3.8, 4) is 0 Å². The van der Waals surface area contributed by atoms with E-state index in [9.17, 15) is 4.79 Å². The van der Waals surface area contributed by atoms with Crippen molar-refractivity contribution in [2.75, 3.05) is 0 Å². The van der Waals surface area contributed by atoms with Crippen LogP contribution in [0.5, 0.6) is 0 Å². The molecule has 130 valence electrons. The van der Waals surface area contributed by atoms with Gasteiger partial charge in [-0.3, -0.25) is 0 Å². The number of aromatic nitrogens is 4. The normalized spacial score (nSPS) is 18.8. The lowest BCUT2D eigenvalue weighted by Gasteiger charge is -2.21. The van der Waals surface area contributed by atoms with Gasteiger partial charge in [0.2, 0.25) is 5.89 Å². The third kappa shape index (κ3) is 3.74. The van der Waals surface area contributed by atoms with Crippen molar-refractivity contribution in [2.45, 2.75) is 64.6 Å². The van der Waals surface area contributed by atoms with E-state index in [1.807, 2.05) is 33.3 Å². The van der Waals surface area contributed by atoms with Gasteiger partial charge in [-0.15, -0.1) is 0 Å². The Bertz CT molecular complexity index is 715. The zero-order valence-electron chi connectivity index (χ0n) is 14.4. The smallest absolute Gasteiger partial charge is 0.408 e. The van der Waals surface area contributed by atoms with E-state index in [4.69, 9.17) is 9.26 Å². The van der Waals surface area contributed by atoms with E-state index in [0.29, 0.717) is 11.7 Å². The minimum Gasteiger partial charge on any atom is -0.444 e. The maximum Gasteiger partial charge on any atom is 0.408 e. The Balaban J connectivity index is 1.62. The molecule has 0 spiro atoms. The molecule has 1 N–H and O–H groups in total. The monoisotopic (exact) mass is 333 g/mol. The number of aryl methyl sites for hydroxylation is 1. The molecule has 3 rings (SSSR count). The molecule has 1 aliphatic heterocycles. The highest BCUT2D eigenvalue weighted by Crippen LogP contribution is 2.28. The van der Waals surface area contributed by atoms with Crippen molar-refractivity contribution in [3.63, 3.8) is 0 Å². The van der Waals surface area contributed by atoms with Crippen LogP contribution in [-0.4, -0.2) is 31.4 Å². The van der Waals surface area contributed by atoms with E-state index < -0.39 is 11.7 Å². The van der Waals surface area contributed by atoms with Gasteiger partial charge in [0.15, 0.2) is 5.82 Å². The number of carbonyl (C=O) groups is 1. The van der Waals surface area contributed by atoms with Crippen molar-refractivity contribution >= 4 is 6.09 Å². The first-order chi connectivity index (χ1) is 11.3. The first-order valence-electron chi connectivity index (χ1n) is 8.14. The van der Waals surface area contributed by atoms with E-state index in [2.05, 4.69) is 25.0 Å². The molecule has 8 nitrogen and oxygen atoms in total. The zero-order valence-corrected chi connectivity index (χ0v) is 14.4. The van der Waals surface area contributed by atoms with Crippen LogP contribution in [0.1, 0.15) is 63.5 Å². The summed E-state index contributed by atoms with van der Waals surface area (Å²) >= 11 is 0. The highest BCUT2D eigenvalue weighted by molar-refractivity contribution is 5.68. The van der Waals surface area contributed by atoms with Crippen molar-refractivity contribution in [3.05, 3.63) is 29.9 Å². The number of alkyl carbamates (subject to hydrolysis) is 1. The number of imidazole rings is 1. The predicted octanol–water partition coefficient (Wildman–Crippen LogP) is 2.58. The molecule has 1 aliphatic rings. The van der Waals surface area contributed by atoms with Crippen LogP contribution in [0.25, 0.3) is 0 Å². The van der Waals surface area contributed by atoms with Gasteiger partial charge in [0.25, 0.3) is 0 Å². The third-order valence-electron chi connectivity index (χ3n) is 3.90. The number of hydrogen-bond acceptors (Lipinski definition) is 6. The van der Waals surface area contributed by atoms with E-state index >= 15 is 0 Å². The van der Waals surface area contributed by atoms with E-state index in [1.165, 1.54) is 5.69 Å². The molecule has 2 unspecified atom stereocenters. The molecule has 3 heterocycles. The van der Waals surface area contributed by atoms with Gasteiger partial charge in [-0.25, -0.2) is 9.78 Å². The lowest BCUT2D eigenvalue weighted by atomic mass is 9.96. The Morgan fingerprint density at radius 3 is 3.04 bits per heavy atom. The van der Waals surface area contributed by atoms with Gasteiger partial charge in [-0.1, -0.05) is 5.16 Å². The van der Waals surface area contributed by atoms with Gasteiger partial charge in [-0.2, -0.15) is 4.98 Å². The molecule has 0 fully saturated rings. The van der Waals surface area contributed by atoms with E-state index in [-0.39, 0.29) is 12.0 Å². The molecule has 24 heavy (non-hydrogen) atoms.